The Morgan fingerprint density at radius 3 is 2.73 bits per heavy atom. The van der Waals surface area contributed by atoms with Gasteiger partial charge in [-0.05, 0) is 37.3 Å². The number of methoxy groups -OCH3 is 1. The van der Waals surface area contributed by atoms with E-state index >= 15 is 0 Å². The normalized spacial score (nSPS) is 12.2. The molecule has 1 aromatic heterocycles. The van der Waals surface area contributed by atoms with Crippen LogP contribution in [0.15, 0.2) is 34.7 Å². The molecule has 1 unspecified atom stereocenters. The van der Waals surface area contributed by atoms with Crippen LogP contribution in [0, 0.1) is 11.6 Å². The van der Waals surface area contributed by atoms with Gasteiger partial charge in [0.1, 0.15) is 24.0 Å². The van der Waals surface area contributed by atoms with Gasteiger partial charge in [-0.15, -0.1) is 0 Å². The molecule has 0 fully saturated rings. The van der Waals surface area contributed by atoms with E-state index in [0.29, 0.717) is 5.76 Å². The molecule has 0 aliphatic heterocycles. The minimum atomic E-state index is -0.640. The molecule has 2 aromatic rings. The second-order valence-electron chi connectivity index (χ2n) is 4.96. The van der Waals surface area contributed by atoms with Gasteiger partial charge in [-0.25, -0.2) is 8.78 Å². The van der Waals surface area contributed by atoms with E-state index in [2.05, 4.69) is 0 Å². The lowest BCUT2D eigenvalue weighted by Gasteiger charge is -2.24. The predicted octanol–water partition coefficient (Wildman–Crippen LogP) is 3.54. The summed E-state index contributed by atoms with van der Waals surface area (Å²) in [5, 5.41) is 0. The lowest BCUT2D eigenvalue weighted by Crippen LogP contribution is -2.30. The zero-order valence-corrected chi connectivity index (χ0v) is 12.6. The first-order valence-corrected chi connectivity index (χ1v) is 6.73. The summed E-state index contributed by atoms with van der Waals surface area (Å²) in [5.74, 6) is -0.891. The van der Waals surface area contributed by atoms with Crippen molar-refractivity contribution in [1.82, 2.24) is 4.90 Å². The largest absolute Gasteiger partial charge is 0.453 e. The molecule has 6 heteroatoms. The molecule has 0 bridgehead atoms. The van der Waals surface area contributed by atoms with E-state index in [9.17, 15) is 13.6 Å². The Morgan fingerprint density at radius 1 is 1.32 bits per heavy atom. The molecule has 1 aromatic carbocycles. The highest BCUT2D eigenvalue weighted by atomic mass is 19.1. The minimum Gasteiger partial charge on any atom is -0.453 e. The van der Waals surface area contributed by atoms with Crippen LogP contribution in [0.3, 0.4) is 0 Å². The molecule has 0 aliphatic carbocycles. The Balaban J connectivity index is 2.20. The number of nitrogens with zero attached hydrogens (tertiary/aromatic N) is 1. The molecule has 1 atom stereocenters. The number of ether oxygens (including phenoxy) is 1. The van der Waals surface area contributed by atoms with Crippen molar-refractivity contribution in [2.75, 3.05) is 14.2 Å². The topological polar surface area (TPSA) is 42.7 Å². The average Bonchev–Trinajstić information content (AvgIpc) is 2.96. The Morgan fingerprint density at radius 2 is 2.05 bits per heavy atom. The van der Waals surface area contributed by atoms with Crippen molar-refractivity contribution in [3.63, 3.8) is 0 Å². The highest BCUT2D eigenvalue weighted by Gasteiger charge is 2.24. The van der Waals surface area contributed by atoms with Crippen LogP contribution in [0.1, 0.15) is 34.8 Å². The Hall–Kier alpha value is -2.21. The molecule has 1 amide bonds. The number of hydrogen-bond donors (Lipinski definition) is 0. The van der Waals surface area contributed by atoms with Crippen LogP contribution >= 0.6 is 0 Å². The van der Waals surface area contributed by atoms with E-state index in [0.717, 1.165) is 18.2 Å². The average molecular weight is 309 g/mol. The van der Waals surface area contributed by atoms with Crippen LogP contribution in [0.4, 0.5) is 8.78 Å². The highest BCUT2D eigenvalue weighted by Crippen LogP contribution is 2.24. The fourth-order valence-electron chi connectivity index (χ4n) is 2.11. The van der Waals surface area contributed by atoms with E-state index in [-0.39, 0.29) is 17.9 Å². The number of benzene rings is 1. The second-order valence-corrected chi connectivity index (χ2v) is 4.96. The number of amides is 1. The smallest absolute Gasteiger partial charge is 0.289 e. The summed E-state index contributed by atoms with van der Waals surface area (Å²) in [5.41, 5.74) is 0.111. The molecule has 0 saturated heterocycles. The summed E-state index contributed by atoms with van der Waals surface area (Å²) < 4.78 is 37.4. The van der Waals surface area contributed by atoms with Gasteiger partial charge in [0.2, 0.25) is 0 Å². The van der Waals surface area contributed by atoms with Gasteiger partial charge in [0.25, 0.3) is 5.91 Å². The molecule has 0 spiro atoms. The highest BCUT2D eigenvalue weighted by molar-refractivity contribution is 5.91. The molecular formula is C16H17F2NO3. The van der Waals surface area contributed by atoms with Crippen molar-refractivity contribution in [2.24, 2.45) is 0 Å². The number of carbonyl (C=O) groups is 1. The van der Waals surface area contributed by atoms with Crippen molar-refractivity contribution in [1.29, 1.82) is 0 Å². The van der Waals surface area contributed by atoms with Gasteiger partial charge in [-0.1, -0.05) is 0 Å². The second kappa shape index (κ2) is 6.70. The Bertz CT molecular complexity index is 669. The summed E-state index contributed by atoms with van der Waals surface area (Å²) in [6.07, 6.45) is 0. The van der Waals surface area contributed by atoms with Crippen LogP contribution < -0.4 is 0 Å². The Kier molecular flexibility index (Phi) is 4.92. The Labute approximate surface area is 127 Å². The first kappa shape index (κ1) is 16.2. The van der Waals surface area contributed by atoms with E-state index in [1.54, 1.807) is 13.0 Å². The van der Waals surface area contributed by atoms with Crippen molar-refractivity contribution in [2.45, 2.75) is 19.6 Å². The summed E-state index contributed by atoms with van der Waals surface area (Å²) in [6.45, 7) is 1.87. The quantitative estimate of drug-likeness (QED) is 0.848. The zero-order valence-electron chi connectivity index (χ0n) is 12.6. The number of hydrogen-bond acceptors (Lipinski definition) is 3. The first-order chi connectivity index (χ1) is 10.4. The summed E-state index contributed by atoms with van der Waals surface area (Å²) >= 11 is 0. The van der Waals surface area contributed by atoms with Gasteiger partial charge < -0.3 is 14.1 Å². The SMILES string of the molecule is COCc1ccc(C(=O)N(C)C(C)c2cc(F)ccc2F)o1. The molecule has 22 heavy (non-hydrogen) atoms. The first-order valence-electron chi connectivity index (χ1n) is 6.73. The maximum Gasteiger partial charge on any atom is 0.289 e. The van der Waals surface area contributed by atoms with Gasteiger partial charge in [0, 0.05) is 19.7 Å². The molecule has 0 N–H and O–H groups in total. The summed E-state index contributed by atoms with van der Waals surface area (Å²) in [6, 6.07) is 5.70. The summed E-state index contributed by atoms with van der Waals surface area (Å²) in [4.78, 5) is 13.6. The van der Waals surface area contributed by atoms with E-state index in [1.807, 2.05) is 0 Å². The molecule has 0 saturated carbocycles. The monoisotopic (exact) mass is 309 g/mol. The standard InChI is InChI=1S/C16H17F2NO3/c1-10(13-8-11(17)4-6-14(13)18)19(2)16(20)15-7-5-12(22-15)9-21-3/h4-8,10H,9H2,1-3H3. The van der Waals surface area contributed by atoms with Crippen LogP contribution in [0.5, 0.6) is 0 Å². The van der Waals surface area contributed by atoms with Crippen LogP contribution in [-0.4, -0.2) is 25.0 Å². The fourth-order valence-corrected chi connectivity index (χ4v) is 2.11. The van der Waals surface area contributed by atoms with Crippen molar-refractivity contribution in [3.8, 4) is 0 Å². The van der Waals surface area contributed by atoms with Crippen molar-refractivity contribution in [3.05, 3.63) is 59.1 Å². The van der Waals surface area contributed by atoms with E-state index < -0.39 is 23.6 Å². The summed E-state index contributed by atoms with van der Waals surface area (Å²) in [7, 11) is 3.03. The maximum absolute atomic E-state index is 13.8. The molecule has 118 valence electrons. The predicted molar refractivity (Wildman–Crippen MR) is 76.3 cm³/mol. The van der Waals surface area contributed by atoms with Crippen LogP contribution in [0.2, 0.25) is 0 Å². The van der Waals surface area contributed by atoms with Crippen LogP contribution in [-0.2, 0) is 11.3 Å². The van der Waals surface area contributed by atoms with Crippen molar-refractivity contribution >= 4 is 5.91 Å². The molecule has 0 aliphatic rings. The molecular weight excluding hydrogens is 292 g/mol. The fraction of sp³-hybridized carbons (Fsp3) is 0.312. The van der Waals surface area contributed by atoms with Crippen molar-refractivity contribution < 1.29 is 22.7 Å². The number of furan rings is 1. The third-order valence-electron chi connectivity index (χ3n) is 3.47. The lowest BCUT2D eigenvalue weighted by atomic mass is 10.1. The lowest BCUT2D eigenvalue weighted by molar-refractivity contribution is 0.0700. The third kappa shape index (κ3) is 3.33. The molecule has 0 radical (unpaired) electrons. The van der Waals surface area contributed by atoms with Crippen LogP contribution in [0.25, 0.3) is 0 Å². The molecule has 1 heterocycles. The minimum absolute atomic E-state index is 0.111. The van der Waals surface area contributed by atoms with E-state index in [1.165, 1.54) is 25.1 Å². The number of halogens is 2. The molecule has 2 rings (SSSR count). The molecule has 4 nitrogen and oxygen atoms in total. The van der Waals surface area contributed by atoms with Gasteiger partial charge in [-0.2, -0.15) is 0 Å². The maximum atomic E-state index is 13.8. The van der Waals surface area contributed by atoms with Gasteiger partial charge in [-0.3, -0.25) is 4.79 Å². The van der Waals surface area contributed by atoms with Gasteiger partial charge in [0.05, 0.1) is 6.04 Å². The third-order valence-corrected chi connectivity index (χ3v) is 3.47. The number of carbonyl (C=O) groups excluding carboxylic acids is 1. The zero-order chi connectivity index (χ0) is 16.3. The van der Waals surface area contributed by atoms with E-state index in [4.69, 9.17) is 9.15 Å². The number of rotatable bonds is 5. The van der Waals surface area contributed by atoms with Gasteiger partial charge >= 0.3 is 0 Å². The van der Waals surface area contributed by atoms with Gasteiger partial charge in [0.15, 0.2) is 5.76 Å².